The molecule has 0 saturated carbocycles. The number of hydrogen-bond donors (Lipinski definition) is 3. The van der Waals surface area contributed by atoms with Crippen LogP contribution in [0.1, 0.15) is 38.6 Å². The number of likely N-dealkylation sites (tertiary alicyclic amines) is 1. The zero-order valence-electron chi connectivity index (χ0n) is 22.6. The summed E-state index contributed by atoms with van der Waals surface area (Å²) in [6.45, 7) is 6.00. The third-order valence-electron chi connectivity index (χ3n) is 7.89. The minimum Gasteiger partial charge on any atom is -0.453 e. The van der Waals surface area contributed by atoms with Gasteiger partial charge in [0.2, 0.25) is 0 Å². The van der Waals surface area contributed by atoms with E-state index >= 15 is 0 Å². The van der Waals surface area contributed by atoms with Gasteiger partial charge in [-0.1, -0.05) is 44.2 Å². The number of nitrogens with zero attached hydrogens (tertiary/aromatic N) is 3. The Balaban J connectivity index is 1.24. The summed E-state index contributed by atoms with van der Waals surface area (Å²) in [6, 6.07) is 19.7. The lowest BCUT2D eigenvalue weighted by molar-refractivity contribution is 0.150. The highest BCUT2D eigenvalue weighted by Crippen LogP contribution is 2.34. The fourth-order valence-corrected chi connectivity index (χ4v) is 5.61. The number of carbonyl (C=O) groups is 1. The number of H-pyrrole nitrogens is 2. The Morgan fingerprint density at radius 3 is 2.56 bits per heavy atom. The van der Waals surface area contributed by atoms with Crippen LogP contribution in [-0.2, 0) is 4.74 Å². The molecule has 1 saturated heterocycles. The molecule has 3 heterocycles. The van der Waals surface area contributed by atoms with Crippen molar-refractivity contribution in [1.29, 1.82) is 0 Å². The highest BCUT2D eigenvalue weighted by molar-refractivity contribution is 5.91. The van der Waals surface area contributed by atoms with Gasteiger partial charge in [-0.3, -0.25) is 4.90 Å². The number of benzene rings is 3. The number of hydrogen-bond acceptors (Lipinski definition) is 5. The van der Waals surface area contributed by atoms with Gasteiger partial charge in [0.25, 0.3) is 0 Å². The van der Waals surface area contributed by atoms with Crippen LogP contribution < -0.4 is 5.32 Å². The number of carbonyl (C=O) groups excluding carboxylic acids is 1. The van der Waals surface area contributed by atoms with Crippen LogP contribution in [-0.4, -0.2) is 57.2 Å². The van der Waals surface area contributed by atoms with E-state index < -0.39 is 0 Å². The zero-order chi connectivity index (χ0) is 26.9. The molecule has 0 radical (unpaired) electrons. The van der Waals surface area contributed by atoms with Gasteiger partial charge < -0.3 is 20.0 Å². The maximum absolute atomic E-state index is 11.9. The smallest absolute Gasteiger partial charge is 0.407 e. The second-order valence-electron chi connectivity index (χ2n) is 10.7. The van der Waals surface area contributed by atoms with E-state index in [2.05, 4.69) is 93.6 Å². The van der Waals surface area contributed by atoms with Gasteiger partial charge in [0.15, 0.2) is 0 Å². The minimum atomic E-state index is -0.382. The molecule has 8 nitrogen and oxygen atoms in total. The molecule has 200 valence electrons. The third kappa shape index (κ3) is 5.12. The lowest BCUT2D eigenvalue weighted by Crippen LogP contribution is -2.46. The van der Waals surface area contributed by atoms with Crippen molar-refractivity contribution in [2.45, 2.75) is 38.8 Å². The molecule has 3 aromatic carbocycles. The van der Waals surface area contributed by atoms with Crippen LogP contribution in [0.3, 0.4) is 0 Å². The van der Waals surface area contributed by atoms with Gasteiger partial charge in [-0.15, -0.1) is 0 Å². The van der Waals surface area contributed by atoms with E-state index in [1.165, 1.54) is 23.4 Å². The summed E-state index contributed by atoms with van der Waals surface area (Å²) < 4.78 is 4.85. The Hall–Kier alpha value is -4.17. The predicted octanol–water partition coefficient (Wildman–Crippen LogP) is 6.29. The Labute approximate surface area is 227 Å². The van der Waals surface area contributed by atoms with E-state index in [1.54, 1.807) is 6.33 Å². The molecule has 0 bridgehead atoms. The molecule has 0 spiro atoms. The summed E-state index contributed by atoms with van der Waals surface area (Å²) in [4.78, 5) is 30.2. The SMILES string of the molecule is COC(=O)NC(CN1CCCC1c1nc2ccc(-c3ccc4cc(-c5cnc[nH]5)ccc4c3)cc2[nH]1)C(C)C. The molecule has 2 aromatic heterocycles. The number of ether oxygens (including phenoxy) is 1. The van der Waals surface area contributed by atoms with Gasteiger partial charge in [0.05, 0.1) is 42.4 Å². The number of alkyl carbamates (subject to hydrolysis) is 1. The molecule has 2 unspecified atom stereocenters. The summed E-state index contributed by atoms with van der Waals surface area (Å²) in [5.74, 6) is 1.28. The summed E-state index contributed by atoms with van der Waals surface area (Å²) in [6.07, 6.45) is 5.31. The molecule has 2 atom stereocenters. The summed E-state index contributed by atoms with van der Waals surface area (Å²) >= 11 is 0. The number of amides is 1. The fraction of sp³-hybridized carbons (Fsp3) is 0.323. The van der Waals surface area contributed by atoms with Crippen molar-refractivity contribution >= 4 is 27.9 Å². The van der Waals surface area contributed by atoms with Crippen molar-refractivity contribution in [1.82, 2.24) is 30.2 Å². The number of rotatable bonds is 7. The first-order valence-electron chi connectivity index (χ1n) is 13.6. The topological polar surface area (TPSA) is 98.9 Å². The van der Waals surface area contributed by atoms with E-state index in [9.17, 15) is 4.79 Å². The van der Waals surface area contributed by atoms with Crippen molar-refractivity contribution in [2.75, 3.05) is 20.2 Å². The van der Waals surface area contributed by atoms with Crippen LogP contribution in [0.15, 0.2) is 67.1 Å². The molecule has 6 rings (SSSR count). The molecule has 0 aliphatic carbocycles. The van der Waals surface area contributed by atoms with E-state index in [0.717, 1.165) is 59.6 Å². The van der Waals surface area contributed by atoms with Gasteiger partial charge >= 0.3 is 6.09 Å². The van der Waals surface area contributed by atoms with Crippen LogP contribution >= 0.6 is 0 Å². The first-order valence-corrected chi connectivity index (χ1v) is 13.6. The highest BCUT2D eigenvalue weighted by Gasteiger charge is 2.31. The standard InChI is InChI=1S/C31H34N6O2/c1-19(2)28(36-31(38)39-3)17-37-12-4-5-29(37)30-34-25-11-10-23(15-26(25)35-30)21-6-7-22-14-24(9-8-20(22)13-21)27-16-32-18-33-27/h6-11,13-16,18-19,28-29H,4-5,12,17H2,1-3H3,(H,32,33)(H,34,35)(H,36,38). The average Bonchev–Trinajstić information content (AvgIpc) is 3.72. The average molecular weight is 523 g/mol. The Kier molecular flexibility index (Phi) is 6.79. The summed E-state index contributed by atoms with van der Waals surface area (Å²) in [5.41, 5.74) is 6.48. The number of nitrogens with one attached hydrogen (secondary N) is 3. The molecule has 39 heavy (non-hydrogen) atoms. The number of aromatic nitrogens is 4. The van der Waals surface area contributed by atoms with Crippen LogP contribution in [0.4, 0.5) is 4.79 Å². The Bertz CT molecular complexity index is 1610. The van der Waals surface area contributed by atoms with E-state index in [-0.39, 0.29) is 18.2 Å². The molecule has 1 aliphatic rings. The zero-order valence-corrected chi connectivity index (χ0v) is 22.6. The van der Waals surface area contributed by atoms with Crippen LogP contribution in [0.25, 0.3) is 44.2 Å². The van der Waals surface area contributed by atoms with Crippen LogP contribution in [0.2, 0.25) is 0 Å². The molecule has 5 aromatic rings. The van der Waals surface area contributed by atoms with Crippen LogP contribution in [0, 0.1) is 5.92 Å². The normalized spacial score (nSPS) is 16.8. The highest BCUT2D eigenvalue weighted by atomic mass is 16.5. The number of imidazole rings is 2. The summed E-state index contributed by atoms with van der Waals surface area (Å²) in [5, 5.41) is 5.39. The van der Waals surface area contributed by atoms with Crippen molar-refractivity contribution in [2.24, 2.45) is 5.92 Å². The molecule has 1 amide bonds. The maximum Gasteiger partial charge on any atom is 0.407 e. The molecule has 8 heteroatoms. The fourth-order valence-electron chi connectivity index (χ4n) is 5.61. The van der Waals surface area contributed by atoms with Gasteiger partial charge in [-0.25, -0.2) is 14.8 Å². The van der Waals surface area contributed by atoms with Gasteiger partial charge in [0, 0.05) is 18.2 Å². The first-order chi connectivity index (χ1) is 19.0. The monoisotopic (exact) mass is 522 g/mol. The number of fused-ring (bicyclic) bond motifs is 2. The van der Waals surface area contributed by atoms with Gasteiger partial charge in [-0.05, 0) is 71.5 Å². The molecule has 1 fully saturated rings. The molecular weight excluding hydrogens is 488 g/mol. The number of aromatic amines is 2. The van der Waals surface area contributed by atoms with Crippen molar-refractivity contribution in [3.63, 3.8) is 0 Å². The molecule has 3 N–H and O–H groups in total. The third-order valence-corrected chi connectivity index (χ3v) is 7.89. The second kappa shape index (κ2) is 10.5. The van der Waals surface area contributed by atoms with Crippen molar-refractivity contribution in [3.8, 4) is 22.4 Å². The molecule has 1 aliphatic heterocycles. The first kappa shape index (κ1) is 25.1. The Morgan fingerprint density at radius 2 is 1.82 bits per heavy atom. The largest absolute Gasteiger partial charge is 0.453 e. The summed E-state index contributed by atoms with van der Waals surface area (Å²) in [7, 11) is 1.41. The quantitative estimate of drug-likeness (QED) is 0.233. The van der Waals surface area contributed by atoms with Crippen molar-refractivity contribution < 1.29 is 9.53 Å². The van der Waals surface area contributed by atoms with E-state index in [4.69, 9.17) is 9.72 Å². The van der Waals surface area contributed by atoms with Crippen molar-refractivity contribution in [3.05, 3.63) is 72.9 Å². The van der Waals surface area contributed by atoms with Gasteiger partial charge in [0.1, 0.15) is 5.82 Å². The Morgan fingerprint density at radius 1 is 1.08 bits per heavy atom. The van der Waals surface area contributed by atoms with E-state index in [1.807, 2.05) is 6.20 Å². The lowest BCUT2D eigenvalue weighted by atomic mass is 9.99. The van der Waals surface area contributed by atoms with Crippen LogP contribution in [0.5, 0.6) is 0 Å². The predicted molar refractivity (Wildman–Crippen MR) is 154 cm³/mol. The van der Waals surface area contributed by atoms with Gasteiger partial charge in [-0.2, -0.15) is 0 Å². The minimum absolute atomic E-state index is 0.0116. The van der Waals surface area contributed by atoms with E-state index in [0.29, 0.717) is 5.92 Å². The maximum atomic E-state index is 11.9. The second-order valence-corrected chi connectivity index (χ2v) is 10.7. The number of methoxy groups -OCH3 is 1. The molecular formula is C31H34N6O2. The lowest BCUT2D eigenvalue weighted by Gasteiger charge is -2.30.